The fourth-order valence-corrected chi connectivity index (χ4v) is 2.83. The summed E-state index contributed by atoms with van der Waals surface area (Å²) in [7, 11) is 0. The van der Waals surface area contributed by atoms with Gasteiger partial charge in [-0.25, -0.2) is 4.79 Å². The Hall–Kier alpha value is -1.51. The zero-order valence-corrected chi connectivity index (χ0v) is 12.7. The Bertz CT molecular complexity index is 441. The Kier molecular flexibility index (Phi) is 5.05. The lowest BCUT2D eigenvalue weighted by atomic mass is 9.79. The summed E-state index contributed by atoms with van der Waals surface area (Å²) in [5, 5.41) is 3.58. The van der Waals surface area contributed by atoms with Crippen LogP contribution in [0.4, 0.5) is 5.69 Å². The van der Waals surface area contributed by atoms with Crippen LogP contribution < -0.4 is 5.32 Å². The van der Waals surface area contributed by atoms with Crippen molar-refractivity contribution in [3.8, 4) is 0 Å². The Morgan fingerprint density at radius 1 is 1.20 bits per heavy atom. The van der Waals surface area contributed by atoms with E-state index in [2.05, 4.69) is 19.2 Å². The van der Waals surface area contributed by atoms with Gasteiger partial charge in [-0.3, -0.25) is 0 Å². The molecule has 1 fully saturated rings. The van der Waals surface area contributed by atoms with Gasteiger partial charge in [0.2, 0.25) is 0 Å². The number of hydrogen-bond acceptors (Lipinski definition) is 3. The molecule has 0 aliphatic heterocycles. The van der Waals surface area contributed by atoms with Crippen molar-refractivity contribution in [3.05, 3.63) is 29.8 Å². The molecule has 0 heterocycles. The van der Waals surface area contributed by atoms with Crippen LogP contribution >= 0.6 is 0 Å². The molecular weight excluding hydrogens is 250 g/mol. The number of carbonyl (C=O) groups is 1. The van der Waals surface area contributed by atoms with Crippen molar-refractivity contribution in [2.24, 2.45) is 11.8 Å². The standard InChI is InChI=1S/C17H25NO2/c1-4-20-17(19)14-6-9-15(10-7-14)18-16-8-5-12(2)13(3)11-16/h6-7,9-10,12-13,16,18H,4-5,8,11H2,1-3H3. The molecule has 1 saturated carbocycles. The highest BCUT2D eigenvalue weighted by Crippen LogP contribution is 2.31. The highest BCUT2D eigenvalue weighted by atomic mass is 16.5. The number of rotatable bonds is 4. The van der Waals surface area contributed by atoms with Gasteiger partial charge in [-0.15, -0.1) is 0 Å². The molecule has 1 N–H and O–H groups in total. The van der Waals surface area contributed by atoms with Gasteiger partial charge < -0.3 is 10.1 Å². The van der Waals surface area contributed by atoms with Crippen molar-refractivity contribution in [3.63, 3.8) is 0 Å². The summed E-state index contributed by atoms with van der Waals surface area (Å²) in [5.74, 6) is 1.36. The fourth-order valence-electron chi connectivity index (χ4n) is 2.83. The molecule has 3 atom stereocenters. The second-order valence-electron chi connectivity index (χ2n) is 5.91. The molecule has 2 rings (SSSR count). The molecule has 0 saturated heterocycles. The maximum atomic E-state index is 11.6. The maximum Gasteiger partial charge on any atom is 0.338 e. The molecule has 3 heteroatoms. The smallest absolute Gasteiger partial charge is 0.338 e. The zero-order chi connectivity index (χ0) is 14.5. The molecule has 1 aliphatic carbocycles. The number of benzene rings is 1. The topological polar surface area (TPSA) is 38.3 Å². The molecule has 0 spiro atoms. The minimum atomic E-state index is -0.251. The first-order valence-electron chi connectivity index (χ1n) is 7.64. The third kappa shape index (κ3) is 3.75. The Balaban J connectivity index is 1.92. The van der Waals surface area contributed by atoms with Gasteiger partial charge in [0.1, 0.15) is 0 Å². The van der Waals surface area contributed by atoms with Crippen LogP contribution in [0.2, 0.25) is 0 Å². The number of anilines is 1. The number of nitrogens with one attached hydrogen (secondary N) is 1. The Morgan fingerprint density at radius 2 is 1.90 bits per heavy atom. The van der Waals surface area contributed by atoms with Crippen molar-refractivity contribution in [2.75, 3.05) is 11.9 Å². The second-order valence-corrected chi connectivity index (χ2v) is 5.91. The molecule has 20 heavy (non-hydrogen) atoms. The third-order valence-corrected chi connectivity index (χ3v) is 4.37. The van der Waals surface area contributed by atoms with Crippen molar-refractivity contribution < 1.29 is 9.53 Å². The van der Waals surface area contributed by atoms with Gasteiger partial charge >= 0.3 is 5.97 Å². The molecule has 1 aromatic carbocycles. The zero-order valence-electron chi connectivity index (χ0n) is 12.7. The van der Waals surface area contributed by atoms with E-state index in [4.69, 9.17) is 4.74 Å². The van der Waals surface area contributed by atoms with E-state index < -0.39 is 0 Å². The number of esters is 1. The van der Waals surface area contributed by atoms with Crippen molar-refractivity contribution in [1.29, 1.82) is 0 Å². The lowest BCUT2D eigenvalue weighted by molar-refractivity contribution is 0.0526. The summed E-state index contributed by atoms with van der Waals surface area (Å²) >= 11 is 0. The van der Waals surface area contributed by atoms with Crippen LogP contribution in [0.5, 0.6) is 0 Å². The monoisotopic (exact) mass is 275 g/mol. The third-order valence-electron chi connectivity index (χ3n) is 4.37. The minimum absolute atomic E-state index is 0.251. The maximum absolute atomic E-state index is 11.6. The molecule has 0 aromatic heterocycles. The number of carbonyl (C=O) groups excluding carboxylic acids is 1. The average Bonchev–Trinajstić information content (AvgIpc) is 2.44. The molecular formula is C17H25NO2. The Morgan fingerprint density at radius 3 is 2.50 bits per heavy atom. The van der Waals surface area contributed by atoms with Crippen molar-refractivity contribution in [1.82, 2.24) is 0 Å². The largest absolute Gasteiger partial charge is 0.462 e. The highest BCUT2D eigenvalue weighted by Gasteiger charge is 2.24. The molecule has 1 aliphatic rings. The van der Waals surface area contributed by atoms with E-state index in [9.17, 15) is 4.79 Å². The van der Waals surface area contributed by atoms with Gasteiger partial charge in [0.25, 0.3) is 0 Å². The Labute approximate surface area is 121 Å². The van der Waals surface area contributed by atoms with Crippen LogP contribution in [0.3, 0.4) is 0 Å². The number of hydrogen-bond donors (Lipinski definition) is 1. The van der Waals surface area contributed by atoms with E-state index in [0.29, 0.717) is 18.2 Å². The average molecular weight is 275 g/mol. The van der Waals surface area contributed by atoms with Gasteiger partial charge in [-0.05, 0) is 62.3 Å². The number of ether oxygens (including phenoxy) is 1. The molecule has 3 nitrogen and oxygen atoms in total. The van der Waals surface area contributed by atoms with Crippen LogP contribution in [0.1, 0.15) is 50.4 Å². The van der Waals surface area contributed by atoms with Gasteiger partial charge in [-0.2, -0.15) is 0 Å². The van der Waals surface area contributed by atoms with Gasteiger partial charge in [0.05, 0.1) is 12.2 Å². The van der Waals surface area contributed by atoms with E-state index in [-0.39, 0.29) is 5.97 Å². The van der Waals surface area contributed by atoms with E-state index in [1.165, 1.54) is 19.3 Å². The molecule has 0 bridgehead atoms. The van der Waals surface area contributed by atoms with Crippen molar-refractivity contribution >= 4 is 11.7 Å². The van der Waals surface area contributed by atoms with Crippen LogP contribution in [-0.4, -0.2) is 18.6 Å². The summed E-state index contributed by atoms with van der Waals surface area (Å²) in [6.45, 7) is 6.91. The first kappa shape index (κ1) is 14.9. The van der Waals surface area contributed by atoms with Gasteiger partial charge in [0.15, 0.2) is 0 Å². The molecule has 1 aromatic rings. The van der Waals surface area contributed by atoms with Gasteiger partial charge in [-0.1, -0.05) is 13.8 Å². The summed E-state index contributed by atoms with van der Waals surface area (Å²) in [4.78, 5) is 11.6. The molecule has 0 radical (unpaired) electrons. The first-order chi connectivity index (χ1) is 9.60. The summed E-state index contributed by atoms with van der Waals surface area (Å²) in [6, 6.07) is 8.14. The van der Waals surface area contributed by atoms with Gasteiger partial charge in [0, 0.05) is 11.7 Å². The summed E-state index contributed by atoms with van der Waals surface area (Å²) < 4.78 is 4.98. The lowest BCUT2D eigenvalue weighted by Gasteiger charge is -2.33. The molecule has 0 amide bonds. The van der Waals surface area contributed by atoms with Crippen LogP contribution in [0.15, 0.2) is 24.3 Å². The predicted molar refractivity (Wildman–Crippen MR) is 82.0 cm³/mol. The van der Waals surface area contributed by atoms with E-state index >= 15 is 0 Å². The molecule has 3 unspecified atom stereocenters. The highest BCUT2D eigenvalue weighted by molar-refractivity contribution is 5.89. The second kappa shape index (κ2) is 6.78. The summed E-state index contributed by atoms with van der Waals surface area (Å²) in [5.41, 5.74) is 1.70. The van der Waals surface area contributed by atoms with Crippen LogP contribution in [0.25, 0.3) is 0 Å². The van der Waals surface area contributed by atoms with Crippen molar-refractivity contribution in [2.45, 2.75) is 46.1 Å². The first-order valence-corrected chi connectivity index (χ1v) is 7.64. The molecule has 110 valence electrons. The van der Waals surface area contributed by atoms with E-state index in [0.717, 1.165) is 17.5 Å². The van der Waals surface area contributed by atoms with Crippen LogP contribution in [-0.2, 0) is 4.74 Å². The SMILES string of the molecule is CCOC(=O)c1ccc(NC2CCC(C)C(C)C2)cc1. The predicted octanol–water partition coefficient (Wildman–Crippen LogP) is 4.10. The van der Waals surface area contributed by atoms with Crippen LogP contribution in [0, 0.1) is 11.8 Å². The van der Waals surface area contributed by atoms with E-state index in [1.807, 2.05) is 31.2 Å². The fraction of sp³-hybridized carbons (Fsp3) is 0.588. The quantitative estimate of drug-likeness (QED) is 0.841. The minimum Gasteiger partial charge on any atom is -0.462 e. The lowest BCUT2D eigenvalue weighted by Crippen LogP contribution is -2.30. The van der Waals surface area contributed by atoms with E-state index in [1.54, 1.807) is 0 Å². The normalized spacial score (nSPS) is 26.1. The summed E-state index contributed by atoms with van der Waals surface area (Å²) in [6.07, 6.45) is 3.74.